The van der Waals surface area contributed by atoms with E-state index in [1.165, 1.54) is 24.1 Å². The molecule has 0 spiro atoms. The van der Waals surface area contributed by atoms with Gasteiger partial charge in [-0.05, 0) is 60.2 Å². The van der Waals surface area contributed by atoms with E-state index in [4.69, 9.17) is 32.7 Å². The first kappa shape index (κ1) is 24.9. The highest BCUT2D eigenvalue weighted by molar-refractivity contribution is 8.18. The summed E-state index contributed by atoms with van der Waals surface area (Å²) in [5.74, 6) is -0.890. The SMILES string of the molecule is COc1cc(/C=C2\SC(=O)N(Cc3cccc(C)c3)C2=O)cc(Cl)c1OC(=O)c1ccccc1Cl. The van der Waals surface area contributed by atoms with Crippen molar-refractivity contribution in [2.45, 2.75) is 13.5 Å². The van der Waals surface area contributed by atoms with E-state index < -0.39 is 11.9 Å². The van der Waals surface area contributed by atoms with Crippen molar-refractivity contribution in [1.29, 1.82) is 0 Å². The summed E-state index contributed by atoms with van der Waals surface area (Å²) in [5.41, 5.74) is 2.59. The maximum absolute atomic E-state index is 12.9. The fourth-order valence-corrected chi connectivity index (χ4v) is 4.79. The number of thioether (sulfide) groups is 1. The average Bonchev–Trinajstić information content (AvgIpc) is 3.08. The number of rotatable bonds is 6. The summed E-state index contributed by atoms with van der Waals surface area (Å²) in [6, 6.07) is 17.2. The van der Waals surface area contributed by atoms with E-state index in [0.717, 1.165) is 22.9 Å². The highest BCUT2D eigenvalue weighted by Gasteiger charge is 2.35. The number of carbonyl (C=O) groups excluding carboxylic acids is 3. The normalized spacial score (nSPS) is 14.5. The molecular formula is C26H19Cl2NO5S. The number of hydrogen-bond donors (Lipinski definition) is 0. The van der Waals surface area contributed by atoms with Gasteiger partial charge in [-0.3, -0.25) is 14.5 Å². The summed E-state index contributed by atoms with van der Waals surface area (Å²) in [4.78, 5) is 39.5. The minimum absolute atomic E-state index is 0.0174. The summed E-state index contributed by atoms with van der Waals surface area (Å²) in [5, 5.41) is -0.0216. The lowest BCUT2D eigenvalue weighted by molar-refractivity contribution is -0.123. The molecule has 9 heteroatoms. The van der Waals surface area contributed by atoms with E-state index in [0.29, 0.717) is 5.56 Å². The molecule has 0 saturated carbocycles. The van der Waals surface area contributed by atoms with Crippen LogP contribution in [0, 0.1) is 6.92 Å². The van der Waals surface area contributed by atoms with Crippen molar-refractivity contribution < 1.29 is 23.9 Å². The van der Waals surface area contributed by atoms with Crippen molar-refractivity contribution >= 4 is 58.2 Å². The van der Waals surface area contributed by atoms with Gasteiger partial charge in [-0.1, -0.05) is 65.2 Å². The molecule has 2 amide bonds. The number of methoxy groups -OCH3 is 1. The molecule has 35 heavy (non-hydrogen) atoms. The predicted octanol–water partition coefficient (Wildman–Crippen LogP) is 6.77. The average molecular weight is 528 g/mol. The second-order valence-electron chi connectivity index (χ2n) is 7.66. The topological polar surface area (TPSA) is 72.9 Å². The largest absolute Gasteiger partial charge is 0.493 e. The summed E-state index contributed by atoms with van der Waals surface area (Å²) in [6.45, 7) is 2.13. The molecule has 4 rings (SSSR count). The van der Waals surface area contributed by atoms with Gasteiger partial charge in [0, 0.05) is 0 Å². The lowest BCUT2D eigenvalue weighted by atomic mass is 10.1. The van der Waals surface area contributed by atoms with Gasteiger partial charge in [-0.25, -0.2) is 4.79 Å². The second kappa shape index (κ2) is 10.6. The summed E-state index contributed by atoms with van der Waals surface area (Å²) >= 11 is 13.3. The van der Waals surface area contributed by atoms with E-state index in [9.17, 15) is 14.4 Å². The minimum Gasteiger partial charge on any atom is -0.493 e. The number of ether oxygens (including phenoxy) is 2. The number of imide groups is 1. The first-order valence-corrected chi connectivity index (χ1v) is 12.0. The first-order chi connectivity index (χ1) is 16.8. The Bertz CT molecular complexity index is 1370. The molecule has 0 aromatic heterocycles. The molecule has 3 aromatic carbocycles. The molecule has 3 aromatic rings. The number of carbonyl (C=O) groups is 3. The van der Waals surface area contributed by atoms with Gasteiger partial charge in [0.2, 0.25) is 0 Å². The molecule has 0 unspecified atom stereocenters. The molecule has 1 saturated heterocycles. The minimum atomic E-state index is -0.694. The Morgan fingerprint density at radius 2 is 1.80 bits per heavy atom. The van der Waals surface area contributed by atoms with Gasteiger partial charge in [0.1, 0.15) is 0 Å². The summed E-state index contributed by atoms with van der Waals surface area (Å²) in [7, 11) is 1.40. The highest BCUT2D eigenvalue weighted by atomic mass is 35.5. The Hall–Kier alpha value is -3.26. The molecule has 1 aliphatic heterocycles. The zero-order valence-electron chi connectivity index (χ0n) is 18.7. The van der Waals surface area contributed by atoms with Crippen LogP contribution in [0.4, 0.5) is 4.79 Å². The van der Waals surface area contributed by atoms with Crippen LogP contribution < -0.4 is 9.47 Å². The summed E-state index contributed by atoms with van der Waals surface area (Å²) < 4.78 is 10.8. The predicted molar refractivity (Wildman–Crippen MR) is 137 cm³/mol. The van der Waals surface area contributed by atoms with Gasteiger partial charge in [0.15, 0.2) is 11.5 Å². The van der Waals surface area contributed by atoms with Gasteiger partial charge in [-0.15, -0.1) is 0 Å². The molecule has 0 aliphatic carbocycles. The van der Waals surface area contributed by atoms with Gasteiger partial charge >= 0.3 is 5.97 Å². The van der Waals surface area contributed by atoms with Crippen LogP contribution >= 0.6 is 35.0 Å². The van der Waals surface area contributed by atoms with Gasteiger partial charge in [0.25, 0.3) is 11.1 Å². The Morgan fingerprint density at radius 3 is 2.51 bits per heavy atom. The maximum Gasteiger partial charge on any atom is 0.345 e. The number of hydrogen-bond acceptors (Lipinski definition) is 6. The smallest absolute Gasteiger partial charge is 0.345 e. The second-order valence-corrected chi connectivity index (χ2v) is 9.47. The van der Waals surface area contributed by atoms with Crippen molar-refractivity contribution in [3.05, 3.63) is 97.9 Å². The Balaban J connectivity index is 1.57. The van der Waals surface area contributed by atoms with Crippen LogP contribution in [0.2, 0.25) is 10.0 Å². The third-order valence-electron chi connectivity index (χ3n) is 5.13. The van der Waals surface area contributed by atoms with Crippen LogP contribution in [-0.4, -0.2) is 29.1 Å². The molecule has 178 valence electrons. The van der Waals surface area contributed by atoms with Crippen LogP contribution in [-0.2, 0) is 11.3 Å². The van der Waals surface area contributed by atoms with Crippen LogP contribution in [0.5, 0.6) is 11.5 Å². The van der Waals surface area contributed by atoms with E-state index in [1.54, 1.807) is 30.3 Å². The number of halogens is 2. The maximum atomic E-state index is 12.9. The van der Waals surface area contributed by atoms with Crippen molar-refractivity contribution in [2.24, 2.45) is 0 Å². The fraction of sp³-hybridized carbons (Fsp3) is 0.115. The van der Waals surface area contributed by atoms with E-state index in [-0.39, 0.29) is 43.8 Å². The van der Waals surface area contributed by atoms with Gasteiger partial charge in [-0.2, -0.15) is 0 Å². The van der Waals surface area contributed by atoms with Crippen LogP contribution in [0.3, 0.4) is 0 Å². The van der Waals surface area contributed by atoms with E-state index >= 15 is 0 Å². The molecule has 0 atom stereocenters. The molecule has 1 aliphatic rings. The van der Waals surface area contributed by atoms with E-state index in [1.807, 2.05) is 31.2 Å². The number of nitrogens with zero attached hydrogens (tertiary/aromatic N) is 1. The Morgan fingerprint density at radius 1 is 1.03 bits per heavy atom. The molecule has 0 radical (unpaired) electrons. The van der Waals surface area contributed by atoms with Crippen molar-refractivity contribution in [2.75, 3.05) is 7.11 Å². The Labute approximate surface area is 216 Å². The highest BCUT2D eigenvalue weighted by Crippen LogP contribution is 2.39. The first-order valence-electron chi connectivity index (χ1n) is 10.4. The lowest BCUT2D eigenvalue weighted by Crippen LogP contribution is -2.27. The van der Waals surface area contributed by atoms with Crippen molar-refractivity contribution in [3.8, 4) is 11.5 Å². The third kappa shape index (κ3) is 5.53. The molecule has 0 bridgehead atoms. The number of esters is 1. The Kier molecular flexibility index (Phi) is 7.50. The van der Waals surface area contributed by atoms with Crippen LogP contribution in [0.25, 0.3) is 6.08 Å². The molecule has 6 nitrogen and oxygen atoms in total. The third-order valence-corrected chi connectivity index (χ3v) is 6.65. The standard InChI is InChI=1S/C26H19Cl2NO5S/c1-15-6-5-7-16(10-15)14-29-24(30)22(35-26(29)32)13-17-11-20(28)23(21(12-17)33-2)34-25(31)18-8-3-4-9-19(18)27/h3-13H,14H2,1-2H3/b22-13-. The van der Waals surface area contributed by atoms with Gasteiger partial charge < -0.3 is 9.47 Å². The summed E-state index contributed by atoms with van der Waals surface area (Å²) in [6.07, 6.45) is 1.55. The molecule has 1 heterocycles. The molecule has 1 fully saturated rings. The number of aryl methyl sites for hydroxylation is 1. The lowest BCUT2D eigenvalue weighted by Gasteiger charge is -2.13. The monoisotopic (exact) mass is 527 g/mol. The molecule has 0 N–H and O–H groups in total. The number of amides is 2. The number of benzene rings is 3. The van der Waals surface area contributed by atoms with Gasteiger partial charge in [0.05, 0.1) is 34.2 Å². The van der Waals surface area contributed by atoms with Crippen LogP contribution in [0.1, 0.15) is 27.0 Å². The van der Waals surface area contributed by atoms with E-state index in [2.05, 4.69) is 0 Å². The van der Waals surface area contributed by atoms with Crippen molar-refractivity contribution in [1.82, 2.24) is 4.90 Å². The fourth-order valence-electron chi connectivity index (χ4n) is 3.48. The zero-order valence-corrected chi connectivity index (χ0v) is 21.0. The quantitative estimate of drug-likeness (QED) is 0.200. The van der Waals surface area contributed by atoms with Crippen LogP contribution in [0.15, 0.2) is 65.6 Å². The zero-order chi connectivity index (χ0) is 25.1. The molecular weight excluding hydrogens is 509 g/mol. The van der Waals surface area contributed by atoms with Crippen molar-refractivity contribution in [3.63, 3.8) is 0 Å².